The van der Waals surface area contributed by atoms with Gasteiger partial charge in [0.2, 0.25) is 0 Å². The molecule has 21 heavy (non-hydrogen) atoms. The fraction of sp³-hybridized carbons (Fsp3) is 1.00. The molecule has 1 aliphatic carbocycles. The van der Waals surface area contributed by atoms with Gasteiger partial charge in [0, 0.05) is 31.2 Å². The van der Waals surface area contributed by atoms with E-state index >= 15 is 0 Å². The van der Waals surface area contributed by atoms with Crippen molar-refractivity contribution in [3.8, 4) is 0 Å². The van der Waals surface area contributed by atoms with Gasteiger partial charge in [0.05, 0.1) is 18.5 Å². The third-order valence-corrected chi connectivity index (χ3v) is 6.48. The summed E-state index contributed by atoms with van der Waals surface area (Å²) < 4.78 is 35.2. The van der Waals surface area contributed by atoms with E-state index in [4.69, 9.17) is 9.47 Å². The molecule has 1 saturated heterocycles. The third-order valence-electron chi connectivity index (χ3n) is 4.59. The normalized spacial score (nSPS) is 35.2. The van der Waals surface area contributed by atoms with Crippen molar-refractivity contribution in [1.29, 1.82) is 0 Å². The molecule has 0 aromatic rings. The van der Waals surface area contributed by atoms with E-state index < -0.39 is 9.84 Å². The second-order valence-electron chi connectivity index (χ2n) is 6.65. The van der Waals surface area contributed by atoms with Gasteiger partial charge in [-0.1, -0.05) is 13.8 Å². The number of ether oxygens (including phenoxy) is 2. The number of hydrogen-bond donors (Lipinski definition) is 1. The van der Waals surface area contributed by atoms with E-state index in [1.54, 1.807) is 6.92 Å². The van der Waals surface area contributed by atoms with Crippen LogP contribution in [-0.2, 0) is 19.3 Å². The van der Waals surface area contributed by atoms with E-state index in [1.165, 1.54) is 0 Å². The smallest absolute Gasteiger partial charge is 0.168 e. The fourth-order valence-electron chi connectivity index (χ4n) is 3.07. The molecule has 1 saturated carbocycles. The maximum Gasteiger partial charge on any atom is 0.168 e. The van der Waals surface area contributed by atoms with Crippen molar-refractivity contribution < 1.29 is 17.9 Å². The lowest BCUT2D eigenvalue weighted by molar-refractivity contribution is -0.191. The Kier molecular flexibility index (Phi) is 5.68. The van der Waals surface area contributed by atoms with Crippen LogP contribution < -0.4 is 5.32 Å². The lowest BCUT2D eigenvalue weighted by Crippen LogP contribution is -2.41. The van der Waals surface area contributed by atoms with Gasteiger partial charge in [-0.2, -0.15) is 0 Å². The molecule has 0 bridgehead atoms. The summed E-state index contributed by atoms with van der Waals surface area (Å²) in [5, 5.41) is 3.26. The molecule has 0 unspecified atom stereocenters. The van der Waals surface area contributed by atoms with Crippen molar-refractivity contribution in [2.45, 2.75) is 64.4 Å². The molecule has 1 aliphatic heterocycles. The summed E-state index contributed by atoms with van der Waals surface area (Å²) in [5.74, 6) is 0.778. The van der Waals surface area contributed by atoms with Gasteiger partial charge in [0.25, 0.3) is 0 Å². The van der Waals surface area contributed by atoms with Crippen LogP contribution in [0.15, 0.2) is 0 Å². The zero-order chi connectivity index (χ0) is 15.5. The zero-order valence-electron chi connectivity index (χ0n) is 13.4. The van der Waals surface area contributed by atoms with Crippen LogP contribution in [0.4, 0.5) is 0 Å². The molecule has 0 aromatic heterocycles. The Labute approximate surface area is 128 Å². The molecule has 1 spiro atoms. The van der Waals surface area contributed by atoms with Crippen molar-refractivity contribution >= 4 is 9.84 Å². The highest BCUT2D eigenvalue weighted by molar-refractivity contribution is 7.91. The molecule has 1 N–H and O–H groups in total. The van der Waals surface area contributed by atoms with Crippen LogP contribution in [0.1, 0.15) is 46.5 Å². The monoisotopic (exact) mass is 319 g/mol. The molecule has 1 heterocycles. The highest BCUT2D eigenvalue weighted by Crippen LogP contribution is 2.39. The van der Waals surface area contributed by atoms with E-state index in [2.05, 4.69) is 12.2 Å². The molecule has 2 fully saturated rings. The van der Waals surface area contributed by atoms with Gasteiger partial charge in [0.15, 0.2) is 15.6 Å². The van der Waals surface area contributed by atoms with Crippen LogP contribution in [0, 0.1) is 5.92 Å². The standard InChI is InChI=1S/C15H29NO4S/c1-4-21(17,18)11-13(3)16-9-14-10-19-15(20-14)7-5-12(2)6-8-15/h12-14,16H,4-11H2,1-3H3/t12?,13-,14+,15?/m1/s1. The molecule has 124 valence electrons. The topological polar surface area (TPSA) is 64.6 Å². The maximum absolute atomic E-state index is 11.6. The van der Waals surface area contributed by atoms with Gasteiger partial charge in [0.1, 0.15) is 0 Å². The minimum atomic E-state index is -2.93. The molecular weight excluding hydrogens is 290 g/mol. The van der Waals surface area contributed by atoms with Gasteiger partial charge in [-0.05, 0) is 25.7 Å². The van der Waals surface area contributed by atoms with Crippen molar-refractivity contribution in [2.24, 2.45) is 5.92 Å². The lowest BCUT2D eigenvalue weighted by atomic mass is 9.86. The van der Waals surface area contributed by atoms with Crippen molar-refractivity contribution in [3.63, 3.8) is 0 Å². The second kappa shape index (κ2) is 6.94. The Balaban J connectivity index is 1.73. The molecule has 5 nitrogen and oxygen atoms in total. The van der Waals surface area contributed by atoms with E-state index in [0.717, 1.165) is 31.6 Å². The summed E-state index contributed by atoms with van der Waals surface area (Å²) in [6.45, 7) is 7.12. The molecule has 0 amide bonds. The van der Waals surface area contributed by atoms with Gasteiger partial charge in [-0.15, -0.1) is 0 Å². The summed E-state index contributed by atoms with van der Waals surface area (Å²) >= 11 is 0. The first kappa shape index (κ1) is 17.2. The third kappa shape index (κ3) is 4.91. The van der Waals surface area contributed by atoms with Gasteiger partial charge in [-0.25, -0.2) is 8.42 Å². The van der Waals surface area contributed by atoms with Gasteiger partial charge in [-0.3, -0.25) is 0 Å². The molecule has 2 atom stereocenters. The maximum atomic E-state index is 11.6. The quantitative estimate of drug-likeness (QED) is 0.807. The highest BCUT2D eigenvalue weighted by atomic mass is 32.2. The summed E-state index contributed by atoms with van der Waals surface area (Å²) in [7, 11) is -2.93. The van der Waals surface area contributed by atoms with E-state index in [9.17, 15) is 8.42 Å². The van der Waals surface area contributed by atoms with E-state index in [1.807, 2.05) is 6.92 Å². The zero-order valence-corrected chi connectivity index (χ0v) is 14.2. The van der Waals surface area contributed by atoms with Crippen LogP contribution >= 0.6 is 0 Å². The SMILES string of the molecule is CCS(=O)(=O)C[C@@H](C)NC[C@H]1COC2(CCC(C)CC2)O1. The van der Waals surface area contributed by atoms with Crippen LogP contribution in [0.5, 0.6) is 0 Å². The Morgan fingerprint density at radius 1 is 1.33 bits per heavy atom. The van der Waals surface area contributed by atoms with E-state index in [-0.39, 0.29) is 29.4 Å². The summed E-state index contributed by atoms with van der Waals surface area (Å²) in [6.07, 6.45) is 4.30. The number of nitrogens with one attached hydrogen (secondary N) is 1. The van der Waals surface area contributed by atoms with Crippen molar-refractivity contribution in [2.75, 3.05) is 24.7 Å². The molecule has 2 aliphatic rings. The van der Waals surface area contributed by atoms with Crippen molar-refractivity contribution in [3.05, 3.63) is 0 Å². The van der Waals surface area contributed by atoms with Gasteiger partial charge < -0.3 is 14.8 Å². The minimum absolute atomic E-state index is 0.0326. The molecule has 6 heteroatoms. The summed E-state index contributed by atoms with van der Waals surface area (Å²) in [5.41, 5.74) is 0. The summed E-state index contributed by atoms with van der Waals surface area (Å²) in [4.78, 5) is 0. The molecule has 0 radical (unpaired) electrons. The summed E-state index contributed by atoms with van der Waals surface area (Å²) in [6, 6.07) is -0.0542. The Bertz CT molecular complexity index is 429. The largest absolute Gasteiger partial charge is 0.347 e. The predicted octanol–water partition coefficient (Wildman–Crippen LogP) is 1.72. The van der Waals surface area contributed by atoms with Crippen LogP contribution in [0.25, 0.3) is 0 Å². The lowest BCUT2D eigenvalue weighted by Gasteiger charge is -2.34. The Hall–Kier alpha value is -0.170. The van der Waals surface area contributed by atoms with Gasteiger partial charge >= 0.3 is 0 Å². The molecular formula is C15H29NO4S. The highest BCUT2D eigenvalue weighted by Gasteiger charge is 2.43. The second-order valence-corrected chi connectivity index (χ2v) is 9.05. The number of hydrogen-bond acceptors (Lipinski definition) is 5. The Morgan fingerprint density at radius 3 is 2.62 bits per heavy atom. The molecule has 2 rings (SSSR count). The van der Waals surface area contributed by atoms with E-state index in [0.29, 0.717) is 13.2 Å². The first-order valence-electron chi connectivity index (χ1n) is 8.10. The van der Waals surface area contributed by atoms with Crippen LogP contribution in [0.2, 0.25) is 0 Å². The Morgan fingerprint density at radius 2 is 2.00 bits per heavy atom. The molecule has 0 aromatic carbocycles. The average molecular weight is 319 g/mol. The predicted molar refractivity (Wildman–Crippen MR) is 83.0 cm³/mol. The number of sulfone groups is 1. The first-order chi connectivity index (χ1) is 9.84. The minimum Gasteiger partial charge on any atom is -0.347 e. The van der Waals surface area contributed by atoms with Crippen LogP contribution in [0.3, 0.4) is 0 Å². The number of rotatable bonds is 6. The van der Waals surface area contributed by atoms with Crippen LogP contribution in [-0.4, -0.2) is 51.0 Å². The average Bonchev–Trinajstić information content (AvgIpc) is 2.83. The first-order valence-corrected chi connectivity index (χ1v) is 9.92. The fourth-order valence-corrected chi connectivity index (χ4v) is 4.19. The van der Waals surface area contributed by atoms with Crippen molar-refractivity contribution in [1.82, 2.24) is 5.32 Å².